The van der Waals surface area contributed by atoms with E-state index in [0.29, 0.717) is 97.4 Å². The molecule has 1 aliphatic heterocycles. The van der Waals surface area contributed by atoms with E-state index in [2.05, 4.69) is 21.6 Å². The Morgan fingerprint density at radius 2 is 0.860 bits per heavy atom. The number of hydrogen-bond acceptors (Lipinski definition) is 24. The predicted molar refractivity (Wildman–Crippen MR) is 474 cm³/mol. The molecule has 4 atom stereocenters. The van der Waals surface area contributed by atoms with Crippen LogP contribution in [0.5, 0.6) is 0 Å². The summed E-state index contributed by atoms with van der Waals surface area (Å²) in [5.74, 6) is -3.58. The third-order valence-electron chi connectivity index (χ3n) is 17.1. The second-order valence-corrected chi connectivity index (χ2v) is 46.5. The first-order chi connectivity index (χ1) is 55.2. The Morgan fingerprint density at radius 3 is 1.25 bits per heavy atom. The average molecular weight is 1890 g/mol. The summed E-state index contributed by atoms with van der Waals surface area (Å²) >= 11 is 0. The van der Waals surface area contributed by atoms with E-state index in [9.17, 15) is 93.9 Å². The number of amides is 2. The highest BCUT2D eigenvalue weighted by Gasteiger charge is 2.58. The van der Waals surface area contributed by atoms with E-state index in [-0.39, 0.29) is 115 Å². The van der Waals surface area contributed by atoms with Gasteiger partial charge in [0.15, 0.2) is 0 Å². The van der Waals surface area contributed by atoms with Crippen LogP contribution in [0.15, 0.2) is 0 Å². The third-order valence-corrected chi connectivity index (χ3v) is 27.8. The third kappa shape index (κ3) is 66.2. The zero-order valence-electron chi connectivity index (χ0n) is 79.1. The number of nitrogens with zero attached hydrogens (tertiary/aromatic N) is 1. The van der Waals surface area contributed by atoms with Crippen molar-refractivity contribution in [2.45, 2.75) is 358 Å². The van der Waals surface area contributed by atoms with Gasteiger partial charge >= 0.3 is 59.5 Å². The van der Waals surface area contributed by atoms with Gasteiger partial charge in [0.25, 0.3) is 0 Å². The fourth-order valence-electron chi connectivity index (χ4n) is 8.87. The summed E-state index contributed by atoms with van der Waals surface area (Å²) in [5, 5.41) is 5.38. The Kier molecular flexibility index (Phi) is 71.4. The lowest BCUT2D eigenvalue weighted by atomic mass is 9.95. The molecular formula is C80H166F2N3O29P7. The number of alkyl halides is 2. The molecule has 724 valence electrons. The van der Waals surface area contributed by atoms with Crippen molar-refractivity contribution in [1.29, 1.82) is 0 Å². The van der Waals surface area contributed by atoms with Crippen molar-refractivity contribution in [2.75, 3.05) is 72.7 Å². The molecule has 0 saturated carbocycles. The summed E-state index contributed by atoms with van der Waals surface area (Å²) in [6, 6.07) is 0. The van der Waals surface area contributed by atoms with E-state index >= 15 is 0 Å². The molecule has 41 heteroatoms. The van der Waals surface area contributed by atoms with Crippen LogP contribution >= 0.6 is 53.8 Å². The molecule has 1 heterocycles. The van der Waals surface area contributed by atoms with Crippen LogP contribution in [0.4, 0.5) is 8.78 Å². The van der Waals surface area contributed by atoms with Gasteiger partial charge in [-0.15, -0.1) is 0 Å². The molecular weight excluding hydrogens is 1720 g/mol. The van der Waals surface area contributed by atoms with Gasteiger partial charge in [0.05, 0.1) is 76.9 Å². The zero-order valence-corrected chi connectivity index (χ0v) is 85.4. The average Bonchev–Trinajstić information content (AvgIpc) is 0.798. The molecule has 2 amide bonds. The fraction of sp³-hybridized carbons (Fsp3) is 0.912. The van der Waals surface area contributed by atoms with Crippen LogP contribution < -0.4 is 10.2 Å². The fourth-order valence-corrected chi connectivity index (χ4v) is 18.5. The molecule has 0 aromatic heterocycles. The summed E-state index contributed by atoms with van der Waals surface area (Å²) < 4.78 is 161. The lowest BCUT2D eigenvalue weighted by Gasteiger charge is -2.37. The number of Topliss-reactive ketones (excluding diaryl/α,β-unsaturated/α-hetero) is 5. The van der Waals surface area contributed by atoms with Gasteiger partial charge in [-0.3, -0.25) is 93.2 Å². The SMILES string of the molecule is CC(C)C(=O)N(C)P1(=O)OCC(C)(C)CO1.CCCCCCC(CC(=O)C(C)C)P(=O)(O)O.CCCCCOP(=O)(O)C(F)(F)C(=O)C(C)C.CCCCOP(=O)(NC(=O)C(C)C)OCCCC.CCCOP(=O)(NC(C)(C)CCC(=O)C(C)C)OCCC.CCCOP(=O)(O)CCC(=O)C(C)C.CCCOP(=O)(O)OC(C)(C)CCC(=O)C(C)C. The summed E-state index contributed by atoms with van der Waals surface area (Å²) in [7, 11) is -25.7. The van der Waals surface area contributed by atoms with Crippen LogP contribution in [0, 0.1) is 46.8 Å². The number of carbonyl (C=O) groups is 7. The van der Waals surface area contributed by atoms with Gasteiger partial charge in [0.2, 0.25) is 17.6 Å². The smallest absolute Gasteiger partial charge is 0.324 e. The number of rotatable bonds is 57. The molecule has 0 bridgehead atoms. The summed E-state index contributed by atoms with van der Waals surface area (Å²) in [6.07, 6.45) is 14.5. The highest BCUT2D eigenvalue weighted by atomic mass is 31.2. The summed E-state index contributed by atoms with van der Waals surface area (Å²) in [4.78, 5) is 127. The number of nitrogens with one attached hydrogen (secondary N) is 2. The molecule has 121 heavy (non-hydrogen) atoms. The second-order valence-electron chi connectivity index (χ2n) is 33.9. The number of ketones is 5. The molecule has 4 unspecified atom stereocenters. The van der Waals surface area contributed by atoms with Crippen molar-refractivity contribution >= 4 is 94.6 Å². The van der Waals surface area contributed by atoms with Gasteiger partial charge in [-0.05, 0) is 91.9 Å². The van der Waals surface area contributed by atoms with Gasteiger partial charge in [-0.25, -0.2) is 23.3 Å². The normalized spacial score (nSPS) is 15.4. The molecule has 0 aromatic rings. The first-order valence-corrected chi connectivity index (χ1v) is 54.1. The monoisotopic (exact) mass is 1890 g/mol. The van der Waals surface area contributed by atoms with E-state index < -0.39 is 88.0 Å². The highest BCUT2D eigenvalue weighted by molar-refractivity contribution is 7.55. The van der Waals surface area contributed by atoms with Crippen molar-refractivity contribution in [3.63, 3.8) is 0 Å². The van der Waals surface area contributed by atoms with E-state index in [1.54, 1.807) is 69.2 Å². The van der Waals surface area contributed by atoms with Crippen LogP contribution in [0.3, 0.4) is 0 Å². The van der Waals surface area contributed by atoms with Gasteiger partial charge in [-0.1, -0.05) is 218 Å². The largest absolute Gasteiger partial charge is 0.472 e. The van der Waals surface area contributed by atoms with Crippen molar-refractivity contribution in [3.05, 3.63) is 0 Å². The molecule has 1 rings (SSSR count). The summed E-state index contributed by atoms with van der Waals surface area (Å²) in [6.45, 7) is 53.0. The molecule has 0 radical (unpaired) electrons. The standard InChI is InChI=1S/C15H32NO4P.C12H26NO4P.C12H25O5P.C12H25O4P.C10H19F2O4P.C10H20NO4P.C9H19O4P/c1-7-11-19-21(18,20-12-8-2)16-15(5,6)10-9-14(17)13(3)4;1-5-7-9-16-18(15,17-10-8-6-2)13-12(14)11(3)4;1-6-9-16-18(14,15)17-12(4,5)8-7-11(13)10(2)3;1-4-5-6-7-8-11(17(14,15)16)9-12(13)10(2)3;1-4-5-6-7-16-17(14,15)10(11,12)9(13)8(2)3;1-8(2)9(12)11(5)16(13)14-6-10(3,4)7-15-16;1-4-6-13-14(11,12)7-5-9(10)8(2)3/h13H,7-12H2,1-6H3,(H,16,18);11H,5-10H2,1-4H3,(H,13,14,15);10H,6-9H2,1-5H3,(H,14,15);10-11H,4-9H2,1-3H3,(H2,14,15,16);8H,4-7H2,1-3H3,(H,14,15);8H,6-7H2,1-5H3;8H,4-7H2,1-3H3,(H,11,12). The summed E-state index contributed by atoms with van der Waals surface area (Å²) in [5.41, 5.74) is -6.61. The van der Waals surface area contributed by atoms with Crippen molar-refractivity contribution in [3.8, 4) is 0 Å². The lowest BCUT2D eigenvalue weighted by molar-refractivity contribution is -0.138. The maximum absolute atomic E-state index is 13.4. The molecule has 32 nitrogen and oxygen atoms in total. The number of hydrogen-bond donors (Lipinski definition) is 7. The first kappa shape index (κ1) is 130. The maximum atomic E-state index is 13.4. The Bertz CT molecular complexity index is 3200. The van der Waals surface area contributed by atoms with Crippen molar-refractivity contribution in [2.24, 2.45) is 46.8 Å². The van der Waals surface area contributed by atoms with Gasteiger partial charge < -0.3 is 33.5 Å². The molecule has 1 saturated heterocycles. The lowest BCUT2D eigenvalue weighted by Crippen LogP contribution is -2.38. The van der Waals surface area contributed by atoms with E-state index in [1.807, 2.05) is 104 Å². The molecule has 7 N–H and O–H groups in total. The van der Waals surface area contributed by atoms with E-state index in [1.165, 1.54) is 20.9 Å². The predicted octanol–water partition coefficient (Wildman–Crippen LogP) is 21.9. The number of phosphoric acid groups is 1. The van der Waals surface area contributed by atoms with E-state index in [0.717, 1.165) is 75.3 Å². The number of unbranched alkanes of at least 4 members (excludes halogenated alkanes) is 7. The molecule has 0 spiro atoms. The van der Waals surface area contributed by atoms with Gasteiger partial charge in [0.1, 0.15) is 23.1 Å². The molecule has 1 fully saturated rings. The van der Waals surface area contributed by atoms with Crippen LogP contribution in [0.2, 0.25) is 0 Å². The minimum atomic E-state index is -5.23. The van der Waals surface area contributed by atoms with Crippen LogP contribution in [-0.4, -0.2) is 165 Å². The van der Waals surface area contributed by atoms with Gasteiger partial charge in [0, 0.05) is 85.1 Å². The quantitative estimate of drug-likeness (QED) is 0.0220. The van der Waals surface area contributed by atoms with Crippen LogP contribution in [0.25, 0.3) is 0 Å². The van der Waals surface area contributed by atoms with E-state index in [4.69, 9.17) is 45.6 Å². The zero-order chi connectivity index (χ0) is 95.9. The topological polar surface area (TPSA) is 460 Å². The highest BCUT2D eigenvalue weighted by Crippen LogP contribution is 2.59. The van der Waals surface area contributed by atoms with Gasteiger partial charge in [-0.2, -0.15) is 8.78 Å². The van der Waals surface area contributed by atoms with Crippen LogP contribution in [-0.2, 0) is 111 Å². The number of carbonyl (C=O) groups excluding carboxylic acids is 7. The second kappa shape index (κ2) is 66.5. The van der Waals surface area contributed by atoms with Crippen molar-refractivity contribution in [1.82, 2.24) is 14.8 Å². The number of halogens is 2. The minimum absolute atomic E-state index is 0.000580. The Labute approximate surface area is 727 Å². The minimum Gasteiger partial charge on any atom is -0.324 e. The first-order valence-electron chi connectivity index (χ1n) is 43.0. The van der Waals surface area contributed by atoms with Crippen molar-refractivity contribution < 1.29 is 144 Å². The molecule has 0 aliphatic carbocycles. The Morgan fingerprint density at radius 1 is 0.471 bits per heavy atom. The number of phosphoric ester groups is 1. The Hall–Kier alpha value is -1.88. The maximum Gasteiger partial charge on any atom is 0.472 e. The Balaban J connectivity index is -0.000000320. The molecule has 0 aromatic carbocycles. The van der Waals surface area contributed by atoms with Crippen LogP contribution in [0.1, 0.15) is 335 Å². The molecule has 1 aliphatic rings.